The third-order valence-corrected chi connectivity index (χ3v) is 6.05. The van der Waals surface area contributed by atoms with Crippen molar-refractivity contribution < 1.29 is 14.3 Å². The largest absolute Gasteiger partial charge is 0.508 e. The molecule has 10 nitrogen and oxygen atoms in total. The van der Waals surface area contributed by atoms with Gasteiger partial charge in [-0.1, -0.05) is 6.92 Å². The Balaban J connectivity index is 1.41. The Morgan fingerprint density at radius 1 is 1.00 bits per heavy atom. The van der Waals surface area contributed by atoms with Crippen molar-refractivity contribution in [2.75, 3.05) is 5.32 Å². The second-order valence-corrected chi connectivity index (χ2v) is 8.81. The Morgan fingerprint density at radius 2 is 1.87 bits per heavy atom. The minimum atomic E-state index is -0.561. The van der Waals surface area contributed by atoms with Gasteiger partial charge in [0.1, 0.15) is 17.3 Å². The van der Waals surface area contributed by atoms with E-state index < -0.39 is 5.82 Å². The number of aromatic amines is 2. The molecule has 0 saturated carbocycles. The molecular formula is C27H21FN8O2. The van der Waals surface area contributed by atoms with E-state index in [2.05, 4.69) is 35.5 Å². The summed E-state index contributed by atoms with van der Waals surface area (Å²) in [5.41, 5.74) is 5.45. The SMILES string of the molecule is CCCC(=O)Nc1cncc(-c2cc3c(-c4nc5c(-c6cc(O)cc(F)c6)cncc5[nH]4)n[nH]c3cn2)c1. The fourth-order valence-corrected chi connectivity index (χ4v) is 4.34. The van der Waals surface area contributed by atoms with E-state index in [1.165, 1.54) is 12.1 Å². The van der Waals surface area contributed by atoms with Gasteiger partial charge in [-0.3, -0.25) is 24.8 Å². The van der Waals surface area contributed by atoms with Gasteiger partial charge < -0.3 is 15.4 Å². The zero-order valence-electron chi connectivity index (χ0n) is 20.2. The van der Waals surface area contributed by atoms with Crippen LogP contribution in [0.3, 0.4) is 0 Å². The van der Waals surface area contributed by atoms with Crippen molar-refractivity contribution >= 4 is 33.5 Å². The first kappa shape index (κ1) is 23.2. The van der Waals surface area contributed by atoms with Crippen LogP contribution in [-0.2, 0) is 4.79 Å². The van der Waals surface area contributed by atoms with Gasteiger partial charge in [0.2, 0.25) is 5.91 Å². The summed E-state index contributed by atoms with van der Waals surface area (Å²) in [5.74, 6) is -0.333. The molecule has 38 heavy (non-hydrogen) atoms. The number of benzene rings is 1. The van der Waals surface area contributed by atoms with E-state index in [0.717, 1.165) is 23.4 Å². The van der Waals surface area contributed by atoms with Crippen molar-refractivity contribution in [3.05, 3.63) is 67.1 Å². The molecule has 11 heteroatoms. The van der Waals surface area contributed by atoms with E-state index >= 15 is 0 Å². The van der Waals surface area contributed by atoms with Gasteiger partial charge in [-0.05, 0) is 36.2 Å². The average molecular weight is 509 g/mol. The molecule has 0 aliphatic carbocycles. The van der Waals surface area contributed by atoms with E-state index in [1.807, 2.05) is 19.1 Å². The molecule has 0 spiro atoms. The second-order valence-electron chi connectivity index (χ2n) is 8.81. The third-order valence-electron chi connectivity index (χ3n) is 6.05. The molecular weight excluding hydrogens is 487 g/mol. The summed E-state index contributed by atoms with van der Waals surface area (Å²) in [6.45, 7) is 1.95. The van der Waals surface area contributed by atoms with Crippen LogP contribution in [0.5, 0.6) is 5.75 Å². The summed E-state index contributed by atoms with van der Waals surface area (Å²) in [5, 5.41) is 20.9. The summed E-state index contributed by atoms with van der Waals surface area (Å²) in [6, 6.07) is 7.52. The first-order valence-electron chi connectivity index (χ1n) is 11.9. The van der Waals surface area contributed by atoms with Gasteiger partial charge in [0, 0.05) is 41.4 Å². The van der Waals surface area contributed by atoms with Crippen molar-refractivity contribution in [3.8, 4) is 39.7 Å². The van der Waals surface area contributed by atoms with Crippen LogP contribution in [0.1, 0.15) is 19.8 Å². The first-order chi connectivity index (χ1) is 18.5. The number of carbonyl (C=O) groups excluding carboxylic acids is 1. The molecule has 0 radical (unpaired) electrons. The van der Waals surface area contributed by atoms with Gasteiger partial charge in [0.15, 0.2) is 5.82 Å². The Labute approximate surface area is 215 Å². The van der Waals surface area contributed by atoms with Crippen molar-refractivity contribution in [1.82, 2.24) is 35.1 Å². The summed E-state index contributed by atoms with van der Waals surface area (Å²) >= 11 is 0. The fourth-order valence-electron chi connectivity index (χ4n) is 4.34. The zero-order chi connectivity index (χ0) is 26.2. The number of pyridine rings is 3. The van der Waals surface area contributed by atoms with Crippen molar-refractivity contribution in [1.29, 1.82) is 0 Å². The molecule has 0 fully saturated rings. The molecule has 0 atom stereocenters. The number of aromatic nitrogens is 7. The van der Waals surface area contributed by atoms with Crippen LogP contribution in [0.15, 0.2) is 61.3 Å². The molecule has 4 N–H and O–H groups in total. The summed E-state index contributed by atoms with van der Waals surface area (Å²) in [6.07, 6.45) is 9.33. The maximum atomic E-state index is 14.0. The number of amides is 1. The zero-order valence-corrected chi connectivity index (χ0v) is 20.2. The highest BCUT2D eigenvalue weighted by Crippen LogP contribution is 2.33. The van der Waals surface area contributed by atoms with E-state index in [0.29, 0.717) is 57.0 Å². The van der Waals surface area contributed by atoms with Gasteiger partial charge in [-0.25, -0.2) is 9.37 Å². The number of anilines is 1. The Hall–Kier alpha value is -5.19. The predicted molar refractivity (Wildman–Crippen MR) is 141 cm³/mol. The highest BCUT2D eigenvalue weighted by Gasteiger charge is 2.17. The molecule has 0 saturated heterocycles. The third kappa shape index (κ3) is 4.30. The average Bonchev–Trinajstić information content (AvgIpc) is 3.52. The number of aromatic hydroxyl groups is 1. The van der Waals surface area contributed by atoms with Crippen LogP contribution >= 0.6 is 0 Å². The number of H-pyrrole nitrogens is 2. The predicted octanol–water partition coefficient (Wildman–Crippen LogP) is 5.21. The maximum absolute atomic E-state index is 14.0. The Morgan fingerprint density at radius 3 is 2.71 bits per heavy atom. The first-order valence-corrected chi connectivity index (χ1v) is 11.9. The van der Waals surface area contributed by atoms with Crippen molar-refractivity contribution in [2.24, 2.45) is 0 Å². The molecule has 0 bridgehead atoms. The number of hydrogen-bond acceptors (Lipinski definition) is 7. The van der Waals surface area contributed by atoms with Crippen molar-refractivity contribution in [3.63, 3.8) is 0 Å². The molecule has 0 unspecified atom stereocenters. The minimum Gasteiger partial charge on any atom is -0.508 e. The van der Waals surface area contributed by atoms with Crippen LogP contribution in [0, 0.1) is 5.82 Å². The van der Waals surface area contributed by atoms with E-state index in [4.69, 9.17) is 4.98 Å². The molecule has 0 aliphatic heterocycles. The number of nitrogens with zero attached hydrogens (tertiary/aromatic N) is 5. The lowest BCUT2D eigenvalue weighted by molar-refractivity contribution is -0.116. The van der Waals surface area contributed by atoms with Crippen LogP contribution in [0.4, 0.5) is 10.1 Å². The van der Waals surface area contributed by atoms with Gasteiger partial charge >= 0.3 is 0 Å². The normalized spacial score (nSPS) is 11.3. The van der Waals surface area contributed by atoms with Gasteiger partial charge in [-0.2, -0.15) is 5.10 Å². The molecule has 6 aromatic rings. The number of imidazole rings is 1. The number of hydrogen-bond donors (Lipinski definition) is 4. The smallest absolute Gasteiger partial charge is 0.224 e. The standard InChI is InChI=1S/C27H21FN8O2/c1-2-3-24(38)32-17-5-15(9-29-10-17)21-8-19-22(13-31-21)35-36-26(19)27-33-23-12-30-11-20(25(23)34-27)14-4-16(28)7-18(37)6-14/h4-13,37H,2-3H2,1H3,(H,32,38)(H,33,34)(H,35,36). The highest BCUT2D eigenvalue weighted by atomic mass is 19.1. The number of halogens is 1. The number of carbonyl (C=O) groups is 1. The Kier molecular flexibility index (Phi) is 5.72. The quantitative estimate of drug-likeness (QED) is 0.242. The Bertz CT molecular complexity index is 1810. The maximum Gasteiger partial charge on any atom is 0.224 e. The molecule has 6 rings (SSSR count). The highest BCUT2D eigenvalue weighted by molar-refractivity contribution is 5.97. The van der Waals surface area contributed by atoms with E-state index in [9.17, 15) is 14.3 Å². The van der Waals surface area contributed by atoms with Crippen LogP contribution in [0.2, 0.25) is 0 Å². The number of phenols is 1. The lowest BCUT2D eigenvalue weighted by atomic mass is 10.1. The topological polar surface area (TPSA) is 145 Å². The number of fused-ring (bicyclic) bond motifs is 2. The molecule has 188 valence electrons. The van der Waals surface area contributed by atoms with E-state index in [-0.39, 0.29) is 11.7 Å². The van der Waals surface area contributed by atoms with Crippen LogP contribution in [0.25, 0.3) is 55.8 Å². The van der Waals surface area contributed by atoms with Gasteiger partial charge in [-0.15, -0.1) is 0 Å². The lowest BCUT2D eigenvalue weighted by Crippen LogP contribution is -2.10. The summed E-state index contributed by atoms with van der Waals surface area (Å²) < 4.78 is 14.0. The van der Waals surface area contributed by atoms with Gasteiger partial charge in [0.25, 0.3) is 0 Å². The van der Waals surface area contributed by atoms with Crippen molar-refractivity contribution in [2.45, 2.75) is 19.8 Å². The number of rotatable bonds is 6. The molecule has 5 heterocycles. The molecule has 1 aromatic carbocycles. The minimum absolute atomic E-state index is 0.0702. The molecule has 0 aliphatic rings. The molecule has 1 amide bonds. The fraction of sp³-hybridized carbons (Fsp3) is 0.111. The molecule has 5 aromatic heterocycles. The van der Waals surface area contributed by atoms with Crippen LogP contribution < -0.4 is 5.32 Å². The lowest BCUT2D eigenvalue weighted by Gasteiger charge is -2.06. The van der Waals surface area contributed by atoms with Gasteiger partial charge in [0.05, 0.1) is 46.5 Å². The summed E-state index contributed by atoms with van der Waals surface area (Å²) in [7, 11) is 0. The number of phenolic OH excluding ortho intramolecular Hbond substituents is 1. The summed E-state index contributed by atoms with van der Waals surface area (Å²) in [4.78, 5) is 33.0. The van der Waals surface area contributed by atoms with Crippen LogP contribution in [-0.4, -0.2) is 46.1 Å². The van der Waals surface area contributed by atoms with E-state index in [1.54, 1.807) is 31.0 Å². The second kappa shape index (κ2) is 9.36. The monoisotopic (exact) mass is 508 g/mol. The number of nitrogens with one attached hydrogen (secondary N) is 3.